The number of rotatable bonds is 4. The second-order valence-electron chi connectivity index (χ2n) is 6.34. The molecule has 2 rings (SSSR count). The summed E-state index contributed by atoms with van der Waals surface area (Å²) in [4.78, 5) is 3.71. The lowest BCUT2D eigenvalue weighted by molar-refractivity contribution is 0.397. The van der Waals surface area contributed by atoms with Crippen LogP contribution >= 0.6 is 11.3 Å². The zero-order valence-corrected chi connectivity index (χ0v) is 13.4. The molecule has 0 fully saturated rings. The first kappa shape index (κ1) is 14.5. The molecule has 0 aliphatic rings. The second kappa shape index (κ2) is 5.61. The van der Waals surface area contributed by atoms with Gasteiger partial charge in [-0.15, -0.1) is 11.3 Å². The number of hydrogen-bond acceptors (Lipinski definition) is 3. The summed E-state index contributed by atoms with van der Waals surface area (Å²) in [5.41, 5.74) is 1.63. The molecular formula is C16H24N2S. The minimum absolute atomic E-state index is 0.158. The van der Waals surface area contributed by atoms with Crippen LogP contribution in [-0.2, 0) is 13.1 Å². The van der Waals surface area contributed by atoms with Gasteiger partial charge in [0, 0.05) is 28.2 Å². The van der Waals surface area contributed by atoms with Crippen molar-refractivity contribution in [1.29, 1.82) is 0 Å². The number of benzene rings is 1. The van der Waals surface area contributed by atoms with E-state index in [4.69, 9.17) is 0 Å². The summed E-state index contributed by atoms with van der Waals surface area (Å²) in [6.45, 7) is 8.60. The van der Waals surface area contributed by atoms with Crippen molar-refractivity contribution in [1.82, 2.24) is 10.2 Å². The third kappa shape index (κ3) is 3.78. The first-order valence-corrected chi connectivity index (χ1v) is 7.57. The molecule has 2 aromatic rings. The van der Waals surface area contributed by atoms with Crippen LogP contribution in [0.1, 0.15) is 31.2 Å². The Labute approximate surface area is 120 Å². The lowest BCUT2D eigenvalue weighted by Crippen LogP contribution is -2.35. The zero-order chi connectivity index (χ0) is 14.0. The molecule has 0 saturated carbocycles. The summed E-state index contributed by atoms with van der Waals surface area (Å²) in [6, 6.07) is 8.72. The van der Waals surface area contributed by atoms with Crippen molar-refractivity contribution in [3.63, 3.8) is 0 Å². The van der Waals surface area contributed by atoms with Gasteiger partial charge in [0.15, 0.2) is 0 Å². The van der Waals surface area contributed by atoms with Gasteiger partial charge in [0.25, 0.3) is 0 Å². The molecule has 3 heteroatoms. The van der Waals surface area contributed by atoms with E-state index >= 15 is 0 Å². The van der Waals surface area contributed by atoms with Crippen molar-refractivity contribution in [2.75, 3.05) is 14.1 Å². The fraction of sp³-hybridized carbons (Fsp3) is 0.500. The van der Waals surface area contributed by atoms with E-state index in [0.717, 1.165) is 13.1 Å². The van der Waals surface area contributed by atoms with Crippen molar-refractivity contribution in [2.45, 2.75) is 39.4 Å². The molecule has 2 nitrogen and oxygen atoms in total. The van der Waals surface area contributed by atoms with Gasteiger partial charge in [0.05, 0.1) is 0 Å². The highest BCUT2D eigenvalue weighted by molar-refractivity contribution is 7.19. The number of hydrogen-bond donors (Lipinski definition) is 1. The summed E-state index contributed by atoms with van der Waals surface area (Å²) >= 11 is 1.92. The van der Waals surface area contributed by atoms with Crippen LogP contribution in [0.15, 0.2) is 24.3 Å². The maximum atomic E-state index is 3.60. The lowest BCUT2D eigenvalue weighted by atomic mass is 10.1. The van der Waals surface area contributed by atoms with E-state index in [0.29, 0.717) is 0 Å². The Morgan fingerprint density at radius 1 is 1.16 bits per heavy atom. The molecule has 1 heterocycles. The number of nitrogens with one attached hydrogen (secondary N) is 1. The molecule has 104 valence electrons. The van der Waals surface area contributed by atoms with Crippen LogP contribution < -0.4 is 5.32 Å². The molecular weight excluding hydrogens is 252 g/mol. The van der Waals surface area contributed by atoms with Gasteiger partial charge in [0.2, 0.25) is 0 Å². The monoisotopic (exact) mass is 276 g/mol. The van der Waals surface area contributed by atoms with Crippen LogP contribution in [0, 0.1) is 0 Å². The minimum atomic E-state index is 0.158. The topological polar surface area (TPSA) is 15.3 Å². The quantitative estimate of drug-likeness (QED) is 0.912. The van der Waals surface area contributed by atoms with Crippen LogP contribution in [0.5, 0.6) is 0 Å². The molecule has 0 amide bonds. The molecule has 0 aliphatic heterocycles. The van der Waals surface area contributed by atoms with Crippen LogP contribution in [-0.4, -0.2) is 24.5 Å². The highest BCUT2D eigenvalue weighted by Crippen LogP contribution is 2.32. The average Bonchev–Trinajstić information content (AvgIpc) is 2.64. The summed E-state index contributed by atoms with van der Waals surface area (Å²) in [5, 5.41) is 5.01. The predicted molar refractivity (Wildman–Crippen MR) is 85.8 cm³/mol. The largest absolute Gasteiger partial charge is 0.307 e. The Morgan fingerprint density at radius 2 is 1.84 bits per heavy atom. The number of fused-ring (bicyclic) bond motifs is 1. The van der Waals surface area contributed by atoms with Crippen molar-refractivity contribution in [3.05, 3.63) is 34.7 Å². The Kier molecular flexibility index (Phi) is 4.29. The van der Waals surface area contributed by atoms with Crippen LogP contribution in [0.25, 0.3) is 10.1 Å². The summed E-state index contributed by atoms with van der Waals surface area (Å²) in [6.07, 6.45) is 0. The van der Waals surface area contributed by atoms with E-state index in [9.17, 15) is 0 Å². The summed E-state index contributed by atoms with van der Waals surface area (Å²) in [5.74, 6) is 0. The first-order chi connectivity index (χ1) is 8.87. The molecule has 1 aromatic carbocycles. The highest BCUT2D eigenvalue weighted by Gasteiger charge is 2.15. The van der Waals surface area contributed by atoms with Gasteiger partial charge in [-0.2, -0.15) is 0 Å². The molecule has 0 radical (unpaired) electrons. The minimum Gasteiger partial charge on any atom is -0.307 e. The Balaban J connectivity index is 2.35. The number of thiophene rings is 1. The SMILES string of the molecule is CN(C)Cc1c(CNC(C)(C)C)sc2ccccc12. The van der Waals surface area contributed by atoms with Gasteiger partial charge in [0.1, 0.15) is 0 Å². The molecule has 1 aromatic heterocycles. The lowest BCUT2D eigenvalue weighted by Gasteiger charge is -2.21. The summed E-state index contributed by atoms with van der Waals surface area (Å²) < 4.78 is 1.39. The maximum Gasteiger partial charge on any atom is 0.0349 e. The first-order valence-electron chi connectivity index (χ1n) is 6.76. The Morgan fingerprint density at radius 3 is 2.47 bits per heavy atom. The van der Waals surface area contributed by atoms with Gasteiger partial charge >= 0.3 is 0 Å². The van der Waals surface area contributed by atoms with Crippen molar-refractivity contribution >= 4 is 21.4 Å². The highest BCUT2D eigenvalue weighted by atomic mass is 32.1. The van der Waals surface area contributed by atoms with Crippen LogP contribution in [0.4, 0.5) is 0 Å². The standard InChI is InChI=1S/C16H24N2S/c1-16(2,3)17-10-15-13(11-18(4)5)12-8-6-7-9-14(12)19-15/h6-9,17H,10-11H2,1-5H3. The van der Waals surface area contributed by atoms with Gasteiger partial charge in [-0.3, -0.25) is 0 Å². The van der Waals surface area contributed by atoms with Crippen LogP contribution in [0.2, 0.25) is 0 Å². The Hall–Kier alpha value is -0.900. The van der Waals surface area contributed by atoms with Gasteiger partial charge in [-0.1, -0.05) is 18.2 Å². The third-order valence-electron chi connectivity index (χ3n) is 3.04. The maximum absolute atomic E-state index is 3.60. The zero-order valence-electron chi connectivity index (χ0n) is 12.6. The van der Waals surface area contributed by atoms with Gasteiger partial charge in [-0.05, 0) is 51.9 Å². The van der Waals surface area contributed by atoms with E-state index in [1.54, 1.807) is 0 Å². The predicted octanol–water partition coefficient (Wildman–Crippen LogP) is 3.85. The molecule has 0 unspecified atom stereocenters. The number of nitrogens with zero attached hydrogens (tertiary/aromatic N) is 1. The van der Waals surface area contributed by atoms with E-state index in [-0.39, 0.29) is 5.54 Å². The van der Waals surface area contributed by atoms with E-state index in [1.165, 1.54) is 20.5 Å². The molecule has 1 N–H and O–H groups in total. The molecule has 19 heavy (non-hydrogen) atoms. The smallest absolute Gasteiger partial charge is 0.0349 e. The van der Waals surface area contributed by atoms with Crippen molar-refractivity contribution in [3.8, 4) is 0 Å². The molecule has 0 atom stereocenters. The van der Waals surface area contributed by atoms with E-state index in [1.807, 2.05) is 11.3 Å². The third-order valence-corrected chi connectivity index (χ3v) is 4.25. The molecule has 0 spiro atoms. The summed E-state index contributed by atoms with van der Waals surface area (Å²) in [7, 11) is 4.26. The Bertz CT molecular complexity index is 549. The second-order valence-corrected chi connectivity index (χ2v) is 7.48. The molecule has 0 saturated heterocycles. The van der Waals surface area contributed by atoms with Crippen LogP contribution in [0.3, 0.4) is 0 Å². The molecule has 0 bridgehead atoms. The molecule has 0 aliphatic carbocycles. The fourth-order valence-corrected chi connectivity index (χ4v) is 3.28. The van der Waals surface area contributed by atoms with Gasteiger partial charge < -0.3 is 10.2 Å². The van der Waals surface area contributed by atoms with E-state index < -0.39 is 0 Å². The average molecular weight is 276 g/mol. The van der Waals surface area contributed by atoms with Crippen molar-refractivity contribution in [2.24, 2.45) is 0 Å². The van der Waals surface area contributed by atoms with Crippen molar-refractivity contribution < 1.29 is 0 Å². The van der Waals surface area contributed by atoms with E-state index in [2.05, 4.69) is 69.3 Å². The normalized spacial score (nSPS) is 12.5. The van der Waals surface area contributed by atoms with Gasteiger partial charge in [-0.25, -0.2) is 0 Å². The fourth-order valence-electron chi connectivity index (χ4n) is 2.13.